The van der Waals surface area contributed by atoms with Crippen LogP contribution in [0.4, 0.5) is 0 Å². The van der Waals surface area contributed by atoms with E-state index in [1.807, 2.05) is 28.0 Å². The number of nitrogens with zero attached hydrogens (tertiary/aromatic N) is 4. The van der Waals surface area contributed by atoms with Crippen LogP contribution in [0.25, 0.3) is 0 Å². The van der Waals surface area contributed by atoms with Gasteiger partial charge >= 0.3 is 0 Å². The highest BCUT2D eigenvalue weighted by molar-refractivity contribution is 5.95. The van der Waals surface area contributed by atoms with E-state index < -0.39 is 0 Å². The number of carbonyl (C=O) groups is 2. The standard InChI is InChI=1S/C23H23N5O2/c1-15-5-2-3-7-18(15)21-19-13-27(23(30)20-10-25-14-26-20)11-17(19)12-28(21)22(29)16-6-4-8-24-9-16/h2-10,14,17,19,21H,11-13H2,1H3,(H,25,26)/t17-,19-,21+/m0/s1. The molecule has 5 rings (SSSR count). The number of nitrogens with one attached hydrogen (secondary N) is 1. The Bertz CT molecular complexity index is 1070. The Kier molecular flexibility index (Phi) is 4.58. The number of hydrogen-bond donors (Lipinski definition) is 1. The lowest BCUT2D eigenvalue weighted by molar-refractivity contribution is 0.0674. The van der Waals surface area contributed by atoms with Crippen LogP contribution in [0.3, 0.4) is 0 Å². The van der Waals surface area contributed by atoms with E-state index in [2.05, 4.69) is 34.0 Å². The molecular formula is C23H23N5O2. The summed E-state index contributed by atoms with van der Waals surface area (Å²) in [4.78, 5) is 41.1. The molecule has 2 saturated heterocycles. The van der Waals surface area contributed by atoms with Gasteiger partial charge in [-0.05, 0) is 30.2 Å². The summed E-state index contributed by atoms with van der Waals surface area (Å²) < 4.78 is 0. The van der Waals surface area contributed by atoms with Crippen LogP contribution >= 0.6 is 0 Å². The molecule has 0 saturated carbocycles. The number of likely N-dealkylation sites (tertiary alicyclic amines) is 2. The molecule has 2 aromatic heterocycles. The van der Waals surface area contributed by atoms with Crippen molar-refractivity contribution in [3.8, 4) is 0 Å². The van der Waals surface area contributed by atoms with Crippen molar-refractivity contribution in [2.24, 2.45) is 11.8 Å². The second-order valence-corrected chi connectivity index (χ2v) is 8.10. The average Bonchev–Trinajstić information content (AvgIpc) is 3.50. The molecule has 0 aliphatic carbocycles. The highest BCUT2D eigenvalue weighted by Crippen LogP contribution is 2.46. The van der Waals surface area contributed by atoms with Crippen LogP contribution in [-0.4, -0.2) is 56.2 Å². The van der Waals surface area contributed by atoms with Crippen LogP contribution in [0.5, 0.6) is 0 Å². The third-order valence-electron chi connectivity index (χ3n) is 6.36. The molecule has 1 N–H and O–H groups in total. The molecule has 3 atom stereocenters. The Morgan fingerprint density at radius 1 is 1.00 bits per heavy atom. The molecule has 1 aromatic carbocycles. The number of imidazole rings is 1. The SMILES string of the molecule is Cc1ccccc1[C@@H]1[C@H]2CN(C(=O)c3cnc[nH]3)C[C@H]2CN1C(=O)c1cccnc1. The summed E-state index contributed by atoms with van der Waals surface area (Å²) >= 11 is 0. The van der Waals surface area contributed by atoms with E-state index in [0.717, 1.165) is 11.1 Å². The number of carbonyl (C=O) groups excluding carboxylic acids is 2. The van der Waals surface area contributed by atoms with E-state index in [4.69, 9.17) is 0 Å². The van der Waals surface area contributed by atoms with Gasteiger partial charge in [-0.2, -0.15) is 0 Å². The van der Waals surface area contributed by atoms with Gasteiger partial charge < -0.3 is 14.8 Å². The van der Waals surface area contributed by atoms with Crippen molar-refractivity contribution in [2.45, 2.75) is 13.0 Å². The van der Waals surface area contributed by atoms with Gasteiger partial charge in [0.1, 0.15) is 5.69 Å². The lowest BCUT2D eigenvalue weighted by atomic mass is 9.87. The monoisotopic (exact) mass is 401 g/mol. The first kappa shape index (κ1) is 18.5. The number of aryl methyl sites for hydroxylation is 1. The number of pyridine rings is 1. The predicted octanol–water partition coefficient (Wildman–Crippen LogP) is 2.70. The molecule has 7 nitrogen and oxygen atoms in total. The number of fused-ring (bicyclic) bond motifs is 1. The van der Waals surface area contributed by atoms with Gasteiger partial charge in [-0.25, -0.2) is 4.98 Å². The molecule has 2 fully saturated rings. The first-order valence-corrected chi connectivity index (χ1v) is 10.2. The number of H-pyrrole nitrogens is 1. The minimum Gasteiger partial charge on any atom is -0.341 e. The molecule has 2 aliphatic rings. The van der Waals surface area contributed by atoms with Gasteiger partial charge in [0, 0.05) is 43.9 Å². The Labute approximate surface area is 174 Å². The summed E-state index contributed by atoms with van der Waals surface area (Å²) in [6, 6.07) is 11.8. The van der Waals surface area contributed by atoms with Crippen LogP contribution in [0.15, 0.2) is 61.3 Å². The van der Waals surface area contributed by atoms with Gasteiger partial charge in [-0.15, -0.1) is 0 Å². The predicted molar refractivity (Wildman–Crippen MR) is 111 cm³/mol. The van der Waals surface area contributed by atoms with Crippen LogP contribution in [0, 0.1) is 18.8 Å². The van der Waals surface area contributed by atoms with Gasteiger partial charge in [0.15, 0.2) is 0 Å². The normalized spacial score (nSPS) is 22.9. The highest BCUT2D eigenvalue weighted by Gasteiger charge is 2.50. The summed E-state index contributed by atoms with van der Waals surface area (Å²) in [5, 5.41) is 0. The highest BCUT2D eigenvalue weighted by atomic mass is 16.2. The quantitative estimate of drug-likeness (QED) is 0.732. The maximum atomic E-state index is 13.4. The molecule has 30 heavy (non-hydrogen) atoms. The summed E-state index contributed by atoms with van der Waals surface area (Å²) in [7, 11) is 0. The largest absolute Gasteiger partial charge is 0.341 e. The Balaban J connectivity index is 1.47. The number of aromatic amines is 1. The van der Waals surface area contributed by atoms with Crippen molar-refractivity contribution in [1.29, 1.82) is 0 Å². The number of rotatable bonds is 3. The fourth-order valence-electron chi connectivity index (χ4n) is 4.94. The van der Waals surface area contributed by atoms with Gasteiger partial charge in [0.2, 0.25) is 0 Å². The van der Waals surface area contributed by atoms with Gasteiger partial charge in [-0.3, -0.25) is 14.6 Å². The van der Waals surface area contributed by atoms with Crippen LogP contribution in [0.1, 0.15) is 38.0 Å². The smallest absolute Gasteiger partial charge is 0.271 e. The van der Waals surface area contributed by atoms with Crippen molar-refractivity contribution >= 4 is 11.8 Å². The molecule has 7 heteroatoms. The molecule has 2 aliphatic heterocycles. The fourth-order valence-corrected chi connectivity index (χ4v) is 4.94. The van der Waals surface area contributed by atoms with E-state index in [-0.39, 0.29) is 29.7 Å². The molecule has 3 aromatic rings. The second-order valence-electron chi connectivity index (χ2n) is 8.10. The van der Waals surface area contributed by atoms with Gasteiger partial charge in [0.25, 0.3) is 11.8 Å². The molecular weight excluding hydrogens is 378 g/mol. The molecule has 0 bridgehead atoms. The molecule has 0 unspecified atom stereocenters. The number of amides is 2. The van der Waals surface area contributed by atoms with Crippen LogP contribution in [-0.2, 0) is 0 Å². The first-order valence-electron chi connectivity index (χ1n) is 10.2. The third-order valence-corrected chi connectivity index (χ3v) is 6.36. The molecule has 4 heterocycles. The average molecular weight is 401 g/mol. The van der Waals surface area contributed by atoms with Gasteiger partial charge in [0.05, 0.1) is 24.1 Å². The van der Waals surface area contributed by atoms with Crippen molar-refractivity contribution in [1.82, 2.24) is 24.8 Å². The van der Waals surface area contributed by atoms with E-state index in [9.17, 15) is 9.59 Å². The number of benzene rings is 1. The second kappa shape index (κ2) is 7.40. The lowest BCUT2D eigenvalue weighted by Gasteiger charge is -2.31. The molecule has 152 valence electrons. The Morgan fingerprint density at radius 3 is 2.60 bits per heavy atom. The number of hydrogen-bond acceptors (Lipinski definition) is 4. The molecule has 2 amide bonds. The van der Waals surface area contributed by atoms with E-state index >= 15 is 0 Å². The molecule has 0 spiro atoms. The zero-order valence-corrected chi connectivity index (χ0v) is 16.7. The third kappa shape index (κ3) is 3.07. The minimum atomic E-state index is -0.0662. The maximum absolute atomic E-state index is 13.4. The Morgan fingerprint density at radius 2 is 1.87 bits per heavy atom. The topological polar surface area (TPSA) is 82.2 Å². The fraction of sp³-hybridized carbons (Fsp3) is 0.304. The molecule has 0 radical (unpaired) electrons. The van der Waals surface area contributed by atoms with Crippen LogP contribution in [0.2, 0.25) is 0 Å². The van der Waals surface area contributed by atoms with E-state index in [1.54, 1.807) is 24.7 Å². The summed E-state index contributed by atoms with van der Waals surface area (Å²) in [5.41, 5.74) is 3.41. The summed E-state index contributed by atoms with van der Waals surface area (Å²) in [6.07, 6.45) is 6.38. The van der Waals surface area contributed by atoms with Crippen molar-refractivity contribution in [3.05, 3.63) is 83.7 Å². The van der Waals surface area contributed by atoms with E-state index in [1.165, 1.54) is 6.33 Å². The van der Waals surface area contributed by atoms with Crippen LogP contribution < -0.4 is 0 Å². The van der Waals surface area contributed by atoms with E-state index in [0.29, 0.717) is 30.9 Å². The zero-order valence-electron chi connectivity index (χ0n) is 16.7. The lowest BCUT2D eigenvalue weighted by Crippen LogP contribution is -2.37. The van der Waals surface area contributed by atoms with Crippen molar-refractivity contribution in [2.75, 3.05) is 19.6 Å². The summed E-state index contributed by atoms with van der Waals surface area (Å²) in [6.45, 7) is 3.97. The Hall–Kier alpha value is -3.48. The number of aromatic nitrogens is 3. The van der Waals surface area contributed by atoms with Crippen molar-refractivity contribution in [3.63, 3.8) is 0 Å². The van der Waals surface area contributed by atoms with Gasteiger partial charge in [-0.1, -0.05) is 24.3 Å². The minimum absolute atomic E-state index is 0.00259. The maximum Gasteiger partial charge on any atom is 0.271 e. The zero-order chi connectivity index (χ0) is 20.7. The first-order chi connectivity index (χ1) is 14.6. The summed E-state index contributed by atoms with van der Waals surface area (Å²) in [5.74, 6) is 0.397. The van der Waals surface area contributed by atoms with Crippen molar-refractivity contribution < 1.29 is 9.59 Å².